The topological polar surface area (TPSA) is 46.5 Å². The number of aliphatic hydroxyl groups is 1. The number of ether oxygens (including phenoxy) is 1. The molecule has 0 spiro atoms. The number of hydrogen-bond donors (Lipinski definition) is 1. The molecule has 1 aliphatic heterocycles. The SMILES string of the molecule is C=C1C(=O)O[C@@H]2[C@H]3C(CO)=CC[C@H]3C(=C)CC[C@@H]12. The molecule has 3 nitrogen and oxygen atoms in total. The molecule has 1 N–H and O–H groups in total. The van der Waals surface area contributed by atoms with Crippen molar-refractivity contribution in [3.8, 4) is 0 Å². The number of rotatable bonds is 1. The lowest BCUT2D eigenvalue weighted by molar-refractivity contribution is -0.141. The zero-order chi connectivity index (χ0) is 12.9. The summed E-state index contributed by atoms with van der Waals surface area (Å²) in [6, 6.07) is 0. The van der Waals surface area contributed by atoms with E-state index in [1.165, 1.54) is 5.57 Å². The molecule has 3 heteroatoms. The quantitative estimate of drug-likeness (QED) is 0.437. The zero-order valence-electron chi connectivity index (χ0n) is 10.4. The lowest BCUT2D eigenvalue weighted by Crippen LogP contribution is -2.30. The molecule has 96 valence electrons. The van der Waals surface area contributed by atoms with Crippen molar-refractivity contribution in [2.75, 3.05) is 6.61 Å². The van der Waals surface area contributed by atoms with Crippen LogP contribution in [0.15, 0.2) is 36.0 Å². The van der Waals surface area contributed by atoms with Crippen LogP contribution >= 0.6 is 0 Å². The molecule has 3 rings (SSSR count). The third-order valence-electron chi connectivity index (χ3n) is 4.68. The molecule has 1 saturated heterocycles. The van der Waals surface area contributed by atoms with Crippen molar-refractivity contribution in [2.24, 2.45) is 17.8 Å². The molecule has 3 aliphatic rings. The fraction of sp³-hybridized carbons (Fsp3) is 0.533. The molecular weight excluding hydrogens is 228 g/mol. The second-order valence-corrected chi connectivity index (χ2v) is 5.50. The second-order valence-electron chi connectivity index (χ2n) is 5.50. The van der Waals surface area contributed by atoms with Gasteiger partial charge in [0.05, 0.1) is 6.61 Å². The van der Waals surface area contributed by atoms with Gasteiger partial charge in [-0.15, -0.1) is 0 Å². The summed E-state index contributed by atoms with van der Waals surface area (Å²) in [5.74, 6) is 0.261. The number of hydrogen-bond acceptors (Lipinski definition) is 3. The van der Waals surface area contributed by atoms with Gasteiger partial charge in [-0.3, -0.25) is 0 Å². The molecule has 0 amide bonds. The van der Waals surface area contributed by atoms with Crippen molar-refractivity contribution in [2.45, 2.75) is 25.4 Å². The van der Waals surface area contributed by atoms with Crippen molar-refractivity contribution < 1.29 is 14.6 Å². The van der Waals surface area contributed by atoms with E-state index in [1.54, 1.807) is 0 Å². The van der Waals surface area contributed by atoms with Crippen molar-refractivity contribution in [3.05, 3.63) is 36.0 Å². The molecule has 0 aromatic heterocycles. The van der Waals surface area contributed by atoms with Crippen LogP contribution in [0.3, 0.4) is 0 Å². The fourth-order valence-electron chi connectivity index (χ4n) is 3.67. The van der Waals surface area contributed by atoms with Crippen molar-refractivity contribution >= 4 is 5.97 Å². The van der Waals surface area contributed by atoms with Crippen molar-refractivity contribution in [1.29, 1.82) is 0 Å². The summed E-state index contributed by atoms with van der Waals surface area (Å²) in [7, 11) is 0. The highest BCUT2D eigenvalue weighted by molar-refractivity contribution is 5.91. The average Bonchev–Trinajstić information content (AvgIpc) is 2.86. The van der Waals surface area contributed by atoms with Gasteiger partial charge in [0.2, 0.25) is 0 Å². The van der Waals surface area contributed by atoms with E-state index in [1.807, 2.05) is 0 Å². The molecule has 2 aliphatic carbocycles. The van der Waals surface area contributed by atoms with Crippen molar-refractivity contribution in [3.63, 3.8) is 0 Å². The maximum atomic E-state index is 11.7. The Morgan fingerprint density at radius 3 is 2.89 bits per heavy atom. The van der Waals surface area contributed by atoms with Crippen LogP contribution in [-0.2, 0) is 9.53 Å². The lowest BCUT2D eigenvalue weighted by Gasteiger charge is -2.27. The first-order valence-electron chi connectivity index (χ1n) is 6.50. The third kappa shape index (κ3) is 1.50. The number of fused-ring (bicyclic) bond motifs is 3. The van der Waals surface area contributed by atoms with E-state index in [2.05, 4.69) is 19.2 Å². The second kappa shape index (κ2) is 4.09. The zero-order valence-corrected chi connectivity index (χ0v) is 10.4. The van der Waals surface area contributed by atoms with Gasteiger partial charge in [0.1, 0.15) is 6.10 Å². The van der Waals surface area contributed by atoms with E-state index in [4.69, 9.17) is 4.74 Å². The van der Waals surface area contributed by atoms with E-state index in [-0.39, 0.29) is 30.5 Å². The van der Waals surface area contributed by atoms with E-state index >= 15 is 0 Å². The highest BCUT2D eigenvalue weighted by atomic mass is 16.6. The maximum Gasteiger partial charge on any atom is 0.334 e. The number of carbonyl (C=O) groups excluding carboxylic acids is 1. The van der Waals surface area contributed by atoms with E-state index in [9.17, 15) is 9.90 Å². The van der Waals surface area contributed by atoms with Gasteiger partial charge in [-0.1, -0.05) is 24.8 Å². The Bertz CT molecular complexity index is 460. The van der Waals surface area contributed by atoms with Gasteiger partial charge in [0.25, 0.3) is 0 Å². The molecule has 2 fully saturated rings. The molecule has 4 atom stereocenters. The first-order chi connectivity index (χ1) is 8.63. The molecule has 0 radical (unpaired) electrons. The van der Waals surface area contributed by atoms with Crippen LogP contribution in [0.2, 0.25) is 0 Å². The summed E-state index contributed by atoms with van der Waals surface area (Å²) >= 11 is 0. The van der Waals surface area contributed by atoms with Gasteiger partial charge < -0.3 is 9.84 Å². The van der Waals surface area contributed by atoms with Gasteiger partial charge in [-0.2, -0.15) is 0 Å². The summed E-state index contributed by atoms with van der Waals surface area (Å²) in [5.41, 5.74) is 2.82. The van der Waals surface area contributed by atoms with E-state index in [0.717, 1.165) is 24.8 Å². The van der Waals surface area contributed by atoms with Crippen LogP contribution in [-0.4, -0.2) is 23.8 Å². The predicted molar refractivity (Wildman–Crippen MR) is 67.6 cm³/mol. The van der Waals surface area contributed by atoms with Crippen LogP contribution < -0.4 is 0 Å². The monoisotopic (exact) mass is 246 g/mol. The molecule has 0 aromatic carbocycles. The minimum atomic E-state index is -0.263. The Morgan fingerprint density at radius 1 is 1.39 bits per heavy atom. The molecule has 0 bridgehead atoms. The van der Waals surface area contributed by atoms with Gasteiger partial charge in [0, 0.05) is 17.4 Å². The van der Waals surface area contributed by atoms with Crippen molar-refractivity contribution in [1.82, 2.24) is 0 Å². The fourth-order valence-corrected chi connectivity index (χ4v) is 3.67. The smallest absolute Gasteiger partial charge is 0.334 e. The summed E-state index contributed by atoms with van der Waals surface area (Å²) in [6.45, 7) is 8.08. The molecular formula is C15H18O3. The molecule has 18 heavy (non-hydrogen) atoms. The maximum absolute atomic E-state index is 11.7. The summed E-state index contributed by atoms with van der Waals surface area (Å²) in [5, 5.41) is 9.47. The predicted octanol–water partition coefficient (Wildman–Crippen LogP) is 1.99. The highest BCUT2D eigenvalue weighted by Gasteiger charge is 2.50. The number of carbonyl (C=O) groups is 1. The summed E-state index contributed by atoms with van der Waals surface area (Å²) in [6.07, 6.45) is 4.66. The third-order valence-corrected chi connectivity index (χ3v) is 4.68. The Labute approximate surface area is 107 Å². The highest BCUT2D eigenvalue weighted by Crippen LogP contribution is 2.50. The van der Waals surface area contributed by atoms with Gasteiger partial charge in [-0.25, -0.2) is 4.79 Å². The molecule has 1 saturated carbocycles. The first-order valence-corrected chi connectivity index (χ1v) is 6.50. The number of esters is 1. The van der Waals surface area contributed by atoms with Gasteiger partial charge >= 0.3 is 5.97 Å². The molecule has 1 heterocycles. The largest absolute Gasteiger partial charge is 0.458 e. The Hall–Kier alpha value is -1.35. The van der Waals surface area contributed by atoms with Crippen LogP contribution in [0.4, 0.5) is 0 Å². The lowest BCUT2D eigenvalue weighted by atomic mass is 9.80. The number of allylic oxidation sites excluding steroid dienone is 2. The Balaban J connectivity index is 1.99. The Morgan fingerprint density at radius 2 is 2.17 bits per heavy atom. The van der Waals surface area contributed by atoms with E-state index < -0.39 is 0 Å². The van der Waals surface area contributed by atoms with Gasteiger partial charge in [-0.05, 0) is 30.8 Å². The standard InChI is InChI=1S/C15H18O3/c1-8-3-5-12-9(2)15(17)18-14(12)13-10(7-16)4-6-11(8)13/h4,11-14,16H,1-3,5-7H2/t11-,12-,13-,14-/m0/s1. The van der Waals surface area contributed by atoms with Gasteiger partial charge in [0.15, 0.2) is 0 Å². The normalized spacial score (nSPS) is 38.9. The molecule has 0 aromatic rings. The van der Waals surface area contributed by atoms with Crippen LogP contribution in [0, 0.1) is 17.8 Å². The summed E-state index contributed by atoms with van der Waals surface area (Å²) in [4.78, 5) is 11.7. The first kappa shape index (κ1) is 11.7. The summed E-state index contributed by atoms with van der Waals surface area (Å²) < 4.78 is 5.52. The minimum absolute atomic E-state index is 0.0433. The van der Waals surface area contributed by atoms with Crippen LogP contribution in [0.25, 0.3) is 0 Å². The minimum Gasteiger partial charge on any atom is -0.458 e. The Kier molecular flexibility index (Phi) is 2.67. The van der Waals surface area contributed by atoms with E-state index in [0.29, 0.717) is 11.5 Å². The van der Waals surface area contributed by atoms with Crippen LogP contribution in [0.1, 0.15) is 19.3 Å². The van der Waals surface area contributed by atoms with Crippen LogP contribution in [0.5, 0.6) is 0 Å². The molecule has 0 unspecified atom stereocenters. The number of aliphatic hydroxyl groups excluding tert-OH is 1. The average molecular weight is 246 g/mol.